The van der Waals surface area contributed by atoms with Crippen molar-refractivity contribution in [1.29, 1.82) is 5.26 Å². The number of nitriles is 1. The highest BCUT2D eigenvalue weighted by atomic mass is 35.5. The molecule has 0 radical (unpaired) electrons. The number of carbonyl (C=O) groups is 2. The molecule has 9 heteroatoms. The molecule has 0 bridgehead atoms. The average Bonchev–Trinajstić information content (AvgIpc) is 3.55. The van der Waals surface area contributed by atoms with Gasteiger partial charge in [0.1, 0.15) is 11.1 Å². The number of amides is 1. The van der Waals surface area contributed by atoms with Gasteiger partial charge in [0.2, 0.25) is 0 Å². The van der Waals surface area contributed by atoms with E-state index in [-0.39, 0.29) is 16.1 Å². The molecule has 6 nitrogen and oxygen atoms in total. The Kier molecular flexibility index (Phi) is 6.68. The van der Waals surface area contributed by atoms with Gasteiger partial charge in [-0.15, -0.1) is 11.8 Å². The smallest absolute Gasteiger partial charge is 0.340 e. The van der Waals surface area contributed by atoms with E-state index in [1.165, 1.54) is 18.7 Å². The summed E-state index contributed by atoms with van der Waals surface area (Å²) in [4.78, 5) is 29.7. The average molecular weight is 450 g/mol. The van der Waals surface area contributed by atoms with Crippen LogP contribution in [0.4, 0.5) is 5.69 Å². The lowest BCUT2D eigenvalue weighted by Gasteiger charge is -2.16. The topological polar surface area (TPSA) is 92.1 Å². The lowest BCUT2D eigenvalue weighted by Crippen LogP contribution is -2.30. The molecule has 1 saturated carbocycles. The van der Waals surface area contributed by atoms with E-state index in [0.717, 1.165) is 18.5 Å². The number of esters is 1. The predicted molar refractivity (Wildman–Crippen MR) is 113 cm³/mol. The highest BCUT2D eigenvalue weighted by molar-refractivity contribution is 7.98. The summed E-state index contributed by atoms with van der Waals surface area (Å²) in [5.41, 5.74) is 1.35. The van der Waals surface area contributed by atoms with Crippen molar-refractivity contribution in [2.75, 3.05) is 11.6 Å². The van der Waals surface area contributed by atoms with Crippen molar-refractivity contribution in [3.8, 4) is 6.07 Å². The van der Waals surface area contributed by atoms with Crippen molar-refractivity contribution in [3.63, 3.8) is 0 Å². The van der Waals surface area contributed by atoms with Gasteiger partial charge in [-0.05, 0) is 44.2 Å². The fourth-order valence-corrected chi connectivity index (χ4v) is 3.56. The van der Waals surface area contributed by atoms with Crippen LogP contribution in [0.1, 0.15) is 47.3 Å². The summed E-state index contributed by atoms with van der Waals surface area (Å²) in [6, 6.07) is 8.44. The van der Waals surface area contributed by atoms with E-state index >= 15 is 0 Å². The van der Waals surface area contributed by atoms with E-state index in [0.29, 0.717) is 21.7 Å². The first-order chi connectivity index (χ1) is 13.8. The summed E-state index contributed by atoms with van der Waals surface area (Å²) in [6.45, 7) is 1.44. The first-order valence-electron chi connectivity index (χ1n) is 8.80. The van der Waals surface area contributed by atoms with Crippen molar-refractivity contribution in [2.45, 2.75) is 36.8 Å². The number of halogens is 2. The molecular weight excluding hydrogens is 433 g/mol. The third-order valence-corrected chi connectivity index (χ3v) is 5.89. The number of anilines is 1. The molecule has 1 unspecified atom stereocenters. The Labute approximate surface area is 182 Å². The van der Waals surface area contributed by atoms with Crippen LogP contribution >= 0.6 is 35.0 Å². The van der Waals surface area contributed by atoms with Crippen LogP contribution in [0.25, 0.3) is 0 Å². The monoisotopic (exact) mass is 449 g/mol. The quantitative estimate of drug-likeness (QED) is 0.490. The second kappa shape index (κ2) is 9.04. The summed E-state index contributed by atoms with van der Waals surface area (Å²) < 4.78 is 5.32. The second-order valence-corrected chi connectivity index (χ2v) is 8.08. The van der Waals surface area contributed by atoms with Crippen LogP contribution in [0.2, 0.25) is 10.0 Å². The largest absolute Gasteiger partial charge is 0.449 e. The van der Waals surface area contributed by atoms with Gasteiger partial charge in [-0.2, -0.15) is 5.26 Å². The SMILES string of the molecule is CSc1nc(C2CC2)cc(C(=O)OC(C)C(=O)Nc2cccc(Cl)c2Cl)c1C#N. The number of carbonyl (C=O) groups excluding carboxylic acids is 2. The molecule has 1 N–H and O–H groups in total. The van der Waals surface area contributed by atoms with Gasteiger partial charge >= 0.3 is 5.97 Å². The lowest BCUT2D eigenvalue weighted by molar-refractivity contribution is -0.123. The third-order valence-electron chi connectivity index (χ3n) is 4.39. The zero-order chi connectivity index (χ0) is 21.1. The number of pyridine rings is 1. The Morgan fingerprint density at radius 2 is 2.10 bits per heavy atom. The highest BCUT2D eigenvalue weighted by Gasteiger charge is 2.30. The summed E-state index contributed by atoms with van der Waals surface area (Å²) in [6.07, 6.45) is 2.68. The summed E-state index contributed by atoms with van der Waals surface area (Å²) in [5, 5.41) is 13.1. The molecule has 0 spiro atoms. The van der Waals surface area contributed by atoms with Gasteiger partial charge in [0, 0.05) is 11.6 Å². The van der Waals surface area contributed by atoms with E-state index in [1.807, 2.05) is 6.07 Å². The minimum absolute atomic E-state index is 0.120. The third kappa shape index (κ3) is 4.84. The lowest BCUT2D eigenvalue weighted by atomic mass is 10.1. The Bertz CT molecular complexity index is 1020. The molecule has 0 saturated heterocycles. The van der Waals surface area contributed by atoms with E-state index < -0.39 is 18.0 Å². The Morgan fingerprint density at radius 1 is 1.38 bits per heavy atom. The maximum atomic E-state index is 12.7. The van der Waals surface area contributed by atoms with Crippen molar-refractivity contribution in [2.24, 2.45) is 0 Å². The van der Waals surface area contributed by atoms with Gasteiger partial charge in [-0.25, -0.2) is 9.78 Å². The number of benzene rings is 1. The standard InChI is InChI=1S/C20H17Cl2N3O3S/c1-10(18(26)24-15-5-3-4-14(21)17(15)22)28-20(27)12-8-16(11-6-7-11)25-19(29-2)13(12)9-23/h3-5,8,10-11H,6-7H2,1-2H3,(H,24,26). The summed E-state index contributed by atoms with van der Waals surface area (Å²) >= 11 is 13.3. The highest BCUT2D eigenvalue weighted by Crippen LogP contribution is 2.40. The molecule has 150 valence electrons. The molecule has 1 aliphatic carbocycles. The molecule has 1 aromatic carbocycles. The first-order valence-corrected chi connectivity index (χ1v) is 10.8. The molecule has 2 aromatic rings. The number of hydrogen-bond donors (Lipinski definition) is 1. The molecule has 1 aliphatic rings. The fraction of sp³-hybridized carbons (Fsp3) is 0.300. The molecule has 1 aromatic heterocycles. The van der Waals surface area contributed by atoms with E-state index in [4.69, 9.17) is 27.9 Å². The van der Waals surface area contributed by atoms with Gasteiger partial charge in [0.25, 0.3) is 5.91 Å². The van der Waals surface area contributed by atoms with Crippen molar-refractivity contribution in [1.82, 2.24) is 4.98 Å². The minimum Gasteiger partial charge on any atom is -0.449 e. The molecule has 1 heterocycles. The summed E-state index contributed by atoms with van der Waals surface area (Å²) in [5.74, 6) is -1.02. The molecule has 1 fully saturated rings. The number of ether oxygens (including phenoxy) is 1. The van der Waals surface area contributed by atoms with Crippen LogP contribution in [-0.4, -0.2) is 29.2 Å². The maximum absolute atomic E-state index is 12.7. The number of hydrogen-bond acceptors (Lipinski definition) is 6. The van der Waals surface area contributed by atoms with Crippen LogP contribution in [0.3, 0.4) is 0 Å². The van der Waals surface area contributed by atoms with E-state index in [2.05, 4.69) is 10.3 Å². The van der Waals surface area contributed by atoms with E-state index in [1.54, 1.807) is 30.5 Å². The van der Waals surface area contributed by atoms with Crippen molar-refractivity contribution < 1.29 is 14.3 Å². The molecule has 29 heavy (non-hydrogen) atoms. The van der Waals surface area contributed by atoms with Gasteiger partial charge in [0.15, 0.2) is 6.10 Å². The van der Waals surface area contributed by atoms with Crippen LogP contribution in [0.15, 0.2) is 29.3 Å². The molecule has 1 atom stereocenters. The fourth-order valence-electron chi connectivity index (χ4n) is 2.66. The Balaban J connectivity index is 1.78. The van der Waals surface area contributed by atoms with Crippen molar-refractivity contribution in [3.05, 3.63) is 51.1 Å². The molecular formula is C20H17Cl2N3O3S. The zero-order valence-electron chi connectivity index (χ0n) is 15.7. The zero-order valence-corrected chi connectivity index (χ0v) is 18.0. The summed E-state index contributed by atoms with van der Waals surface area (Å²) in [7, 11) is 0. The first kappa shape index (κ1) is 21.4. The molecule has 3 rings (SSSR count). The van der Waals surface area contributed by atoms with Crippen molar-refractivity contribution >= 4 is 52.5 Å². The number of thioether (sulfide) groups is 1. The number of nitrogens with zero attached hydrogens (tertiary/aromatic N) is 2. The van der Waals surface area contributed by atoms with Gasteiger partial charge in [-0.3, -0.25) is 4.79 Å². The second-order valence-electron chi connectivity index (χ2n) is 6.50. The number of rotatable bonds is 6. The van der Waals surface area contributed by atoms with Crippen LogP contribution < -0.4 is 5.32 Å². The van der Waals surface area contributed by atoms with Crippen LogP contribution in [0, 0.1) is 11.3 Å². The van der Waals surface area contributed by atoms with Gasteiger partial charge in [-0.1, -0.05) is 29.3 Å². The van der Waals surface area contributed by atoms with Gasteiger partial charge < -0.3 is 10.1 Å². The predicted octanol–water partition coefficient (Wildman–Crippen LogP) is 5.04. The van der Waals surface area contributed by atoms with E-state index in [9.17, 15) is 14.9 Å². The minimum atomic E-state index is -1.11. The van der Waals surface area contributed by atoms with Crippen LogP contribution in [0.5, 0.6) is 0 Å². The normalized spacial score (nSPS) is 14.0. The Hall–Kier alpha value is -2.27. The number of nitrogens with one attached hydrogen (secondary N) is 1. The molecule has 0 aliphatic heterocycles. The number of aromatic nitrogens is 1. The Morgan fingerprint density at radius 3 is 2.72 bits per heavy atom. The van der Waals surface area contributed by atoms with Crippen LogP contribution in [-0.2, 0) is 9.53 Å². The van der Waals surface area contributed by atoms with Gasteiger partial charge in [0.05, 0.1) is 26.9 Å². The maximum Gasteiger partial charge on any atom is 0.340 e. The molecule has 1 amide bonds.